The molecule has 14 heavy (non-hydrogen) atoms. The summed E-state index contributed by atoms with van der Waals surface area (Å²) < 4.78 is 0. The van der Waals surface area contributed by atoms with Gasteiger partial charge in [-0.25, -0.2) is 5.01 Å². The fourth-order valence-electron chi connectivity index (χ4n) is 5.01. The van der Waals surface area contributed by atoms with Gasteiger partial charge < -0.3 is 0 Å². The lowest BCUT2D eigenvalue weighted by Gasteiger charge is -2.57. The summed E-state index contributed by atoms with van der Waals surface area (Å²) in [4.78, 5) is 0. The molecule has 2 heteroatoms. The van der Waals surface area contributed by atoms with Crippen molar-refractivity contribution in [3.63, 3.8) is 0 Å². The first-order valence-corrected chi connectivity index (χ1v) is 6.11. The summed E-state index contributed by atoms with van der Waals surface area (Å²) in [7, 11) is 2.03. The Balaban J connectivity index is 1.80. The summed E-state index contributed by atoms with van der Waals surface area (Å²) in [5, 5.41) is 1.92. The molecule has 0 unspecified atom stereocenters. The van der Waals surface area contributed by atoms with Crippen LogP contribution in [-0.4, -0.2) is 18.6 Å². The number of nitrogens with zero attached hydrogens (tertiary/aromatic N) is 1. The summed E-state index contributed by atoms with van der Waals surface area (Å²) in [5.41, 5.74) is 0.623. The van der Waals surface area contributed by atoms with Crippen LogP contribution in [0.15, 0.2) is 0 Å². The first kappa shape index (κ1) is 9.17. The van der Waals surface area contributed by atoms with E-state index in [9.17, 15) is 0 Å². The van der Waals surface area contributed by atoms with Gasteiger partial charge >= 0.3 is 0 Å². The van der Waals surface area contributed by atoms with E-state index in [1.165, 1.54) is 38.5 Å². The standard InChI is InChI=1S/C12H22N2/c1-14(13)8-12-5-9-2-10(6-12)4-11(3-9)7-12/h9-11H,2-8,13H2,1H3. The number of hydrogen-bond donors (Lipinski definition) is 1. The summed E-state index contributed by atoms with van der Waals surface area (Å²) >= 11 is 0. The van der Waals surface area contributed by atoms with Crippen LogP contribution < -0.4 is 5.84 Å². The van der Waals surface area contributed by atoms with E-state index < -0.39 is 0 Å². The highest BCUT2D eigenvalue weighted by atomic mass is 15.4. The topological polar surface area (TPSA) is 29.3 Å². The van der Waals surface area contributed by atoms with Crippen molar-refractivity contribution in [1.82, 2.24) is 5.01 Å². The molecule has 0 aromatic rings. The van der Waals surface area contributed by atoms with Crippen molar-refractivity contribution >= 4 is 0 Å². The molecule has 80 valence electrons. The number of hydrogen-bond acceptors (Lipinski definition) is 2. The van der Waals surface area contributed by atoms with E-state index >= 15 is 0 Å². The van der Waals surface area contributed by atoms with Crippen molar-refractivity contribution in [3.8, 4) is 0 Å². The molecule has 0 heterocycles. The smallest absolute Gasteiger partial charge is 0.0182 e. The second-order valence-electron chi connectivity index (χ2n) is 6.33. The Kier molecular flexibility index (Phi) is 1.94. The molecule has 0 aromatic carbocycles. The zero-order chi connectivity index (χ0) is 9.76. The molecule has 4 saturated carbocycles. The van der Waals surface area contributed by atoms with Gasteiger partial charge in [0.15, 0.2) is 0 Å². The molecule has 0 aromatic heterocycles. The highest BCUT2D eigenvalue weighted by Crippen LogP contribution is 2.59. The third kappa shape index (κ3) is 1.40. The van der Waals surface area contributed by atoms with Crippen molar-refractivity contribution in [2.24, 2.45) is 29.0 Å². The highest BCUT2D eigenvalue weighted by molar-refractivity contribution is 5.02. The van der Waals surface area contributed by atoms with Gasteiger partial charge in [0.1, 0.15) is 0 Å². The Morgan fingerprint density at radius 3 is 1.86 bits per heavy atom. The van der Waals surface area contributed by atoms with Crippen LogP contribution >= 0.6 is 0 Å². The molecule has 4 aliphatic carbocycles. The predicted molar refractivity (Wildman–Crippen MR) is 57.4 cm³/mol. The molecule has 0 atom stereocenters. The molecule has 0 spiro atoms. The molecule has 4 rings (SSSR count). The second-order valence-corrected chi connectivity index (χ2v) is 6.33. The van der Waals surface area contributed by atoms with Gasteiger partial charge in [-0.1, -0.05) is 0 Å². The third-order valence-electron chi connectivity index (χ3n) is 4.75. The van der Waals surface area contributed by atoms with Gasteiger partial charge in [0, 0.05) is 13.6 Å². The maximum Gasteiger partial charge on any atom is 0.0182 e. The van der Waals surface area contributed by atoms with Crippen LogP contribution in [0.5, 0.6) is 0 Å². The lowest BCUT2D eigenvalue weighted by molar-refractivity contribution is -0.0663. The Morgan fingerprint density at radius 1 is 1.07 bits per heavy atom. The molecule has 4 bridgehead atoms. The van der Waals surface area contributed by atoms with Crippen LogP contribution in [0.3, 0.4) is 0 Å². The Bertz CT molecular complexity index is 193. The lowest BCUT2D eigenvalue weighted by atomic mass is 9.49. The highest BCUT2D eigenvalue weighted by Gasteiger charge is 2.50. The van der Waals surface area contributed by atoms with E-state index in [0.29, 0.717) is 5.41 Å². The number of nitrogens with two attached hydrogens (primary N) is 1. The van der Waals surface area contributed by atoms with Crippen LogP contribution in [-0.2, 0) is 0 Å². The minimum Gasteiger partial charge on any atom is -0.269 e. The third-order valence-corrected chi connectivity index (χ3v) is 4.75. The van der Waals surface area contributed by atoms with Crippen molar-refractivity contribution in [1.29, 1.82) is 0 Å². The SMILES string of the molecule is CN(N)CC12CC3CC(CC(C3)C1)C2. The van der Waals surface area contributed by atoms with E-state index in [1.54, 1.807) is 0 Å². The molecule has 2 N–H and O–H groups in total. The first-order valence-electron chi connectivity index (χ1n) is 6.11. The van der Waals surface area contributed by atoms with Crippen LogP contribution in [0.25, 0.3) is 0 Å². The zero-order valence-electron chi connectivity index (χ0n) is 9.21. The molecule has 0 amide bonds. The van der Waals surface area contributed by atoms with E-state index in [4.69, 9.17) is 5.84 Å². The predicted octanol–water partition coefficient (Wildman–Crippen LogP) is 2.01. The molecule has 0 radical (unpaired) electrons. The molecule has 2 nitrogen and oxygen atoms in total. The fraction of sp³-hybridized carbons (Fsp3) is 1.00. The minimum absolute atomic E-state index is 0.623. The van der Waals surface area contributed by atoms with Gasteiger partial charge in [0.25, 0.3) is 0 Å². The van der Waals surface area contributed by atoms with Crippen LogP contribution in [0, 0.1) is 23.2 Å². The van der Waals surface area contributed by atoms with Crippen molar-refractivity contribution < 1.29 is 0 Å². The second kappa shape index (κ2) is 2.96. The first-order chi connectivity index (χ1) is 6.65. The van der Waals surface area contributed by atoms with Gasteiger partial charge in [-0.15, -0.1) is 0 Å². The summed E-state index contributed by atoms with van der Waals surface area (Å²) in [6.45, 7) is 1.14. The molecule has 4 aliphatic rings. The van der Waals surface area contributed by atoms with Gasteiger partial charge in [-0.05, 0) is 61.7 Å². The van der Waals surface area contributed by atoms with E-state index in [0.717, 1.165) is 24.3 Å². The Hall–Kier alpha value is -0.0800. The molecular weight excluding hydrogens is 172 g/mol. The number of rotatable bonds is 2. The monoisotopic (exact) mass is 194 g/mol. The zero-order valence-corrected chi connectivity index (χ0v) is 9.21. The van der Waals surface area contributed by atoms with E-state index in [-0.39, 0.29) is 0 Å². The quantitative estimate of drug-likeness (QED) is 0.538. The number of hydrazine groups is 1. The van der Waals surface area contributed by atoms with Crippen LogP contribution in [0.2, 0.25) is 0 Å². The molecule has 4 fully saturated rings. The Labute approximate surface area is 86.8 Å². The summed E-state index contributed by atoms with van der Waals surface area (Å²) in [5.74, 6) is 9.02. The van der Waals surface area contributed by atoms with Crippen molar-refractivity contribution in [3.05, 3.63) is 0 Å². The van der Waals surface area contributed by atoms with E-state index in [2.05, 4.69) is 0 Å². The van der Waals surface area contributed by atoms with Gasteiger partial charge in [0.05, 0.1) is 0 Å². The van der Waals surface area contributed by atoms with E-state index in [1.807, 2.05) is 12.1 Å². The fourth-order valence-corrected chi connectivity index (χ4v) is 5.01. The lowest BCUT2D eigenvalue weighted by Crippen LogP contribution is -2.51. The van der Waals surface area contributed by atoms with Crippen molar-refractivity contribution in [2.75, 3.05) is 13.6 Å². The molecule has 0 aliphatic heterocycles. The molecular formula is C12H22N2. The average Bonchev–Trinajstić information content (AvgIpc) is 1.96. The van der Waals surface area contributed by atoms with Gasteiger partial charge in [0.2, 0.25) is 0 Å². The summed E-state index contributed by atoms with van der Waals surface area (Å²) in [6.07, 6.45) is 9.02. The minimum atomic E-state index is 0.623. The van der Waals surface area contributed by atoms with Crippen molar-refractivity contribution in [2.45, 2.75) is 38.5 Å². The average molecular weight is 194 g/mol. The van der Waals surface area contributed by atoms with Gasteiger partial charge in [-0.3, -0.25) is 5.84 Å². The molecule has 0 saturated heterocycles. The summed E-state index contributed by atoms with van der Waals surface area (Å²) in [6, 6.07) is 0. The van der Waals surface area contributed by atoms with Crippen LogP contribution in [0.4, 0.5) is 0 Å². The van der Waals surface area contributed by atoms with Crippen LogP contribution in [0.1, 0.15) is 38.5 Å². The Morgan fingerprint density at radius 2 is 1.50 bits per heavy atom. The normalized spacial score (nSPS) is 50.4. The maximum absolute atomic E-state index is 5.85. The maximum atomic E-state index is 5.85. The largest absolute Gasteiger partial charge is 0.269 e. The van der Waals surface area contributed by atoms with Gasteiger partial charge in [-0.2, -0.15) is 0 Å².